The van der Waals surface area contributed by atoms with Gasteiger partial charge in [0.15, 0.2) is 0 Å². The Hall–Kier alpha value is -3.95. The van der Waals surface area contributed by atoms with Gasteiger partial charge in [0.05, 0.1) is 29.7 Å². The van der Waals surface area contributed by atoms with Crippen LogP contribution < -0.4 is 10.2 Å². The second-order valence-corrected chi connectivity index (χ2v) is 9.13. The van der Waals surface area contributed by atoms with Crippen molar-refractivity contribution in [2.24, 2.45) is 5.92 Å². The predicted octanol–water partition coefficient (Wildman–Crippen LogP) is 4.95. The Balaban J connectivity index is 1.35. The third kappa shape index (κ3) is 5.59. The van der Waals surface area contributed by atoms with E-state index in [0.29, 0.717) is 11.5 Å². The number of aromatic nitrogens is 3. The summed E-state index contributed by atoms with van der Waals surface area (Å²) in [5, 5.41) is 13.0. The van der Waals surface area contributed by atoms with E-state index in [9.17, 15) is 0 Å². The van der Waals surface area contributed by atoms with Crippen molar-refractivity contribution >= 4 is 5.69 Å². The van der Waals surface area contributed by atoms with Crippen LogP contribution in [-0.4, -0.2) is 27.6 Å². The minimum absolute atomic E-state index is 0.196. The van der Waals surface area contributed by atoms with Gasteiger partial charge in [-0.25, -0.2) is 4.98 Å². The van der Waals surface area contributed by atoms with Gasteiger partial charge in [-0.05, 0) is 66.3 Å². The number of hydrogen-bond donors (Lipinski definition) is 1. The number of anilines is 1. The number of pyridine rings is 1. The van der Waals surface area contributed by atoms with E-state index < -0.39 is 0 Å². The molecule has 0 saturated carbocycles. The van der Waals surface area contributed by atoms with Gasteiger partial charge in [0, 0.05) is 50.5 Å². The average molecular weight is 463 g/mol. The fraction of sp³-hybridized carbons (Fsp3) is 0.276. The highest BCUT2D eigenvalue weighted by molar-refractivity contribution is 5.46. The quantitative estimate of drug-likeness (QED) is 0.401. The molecule has 5 rings (SSSR count). The number of rotatable bonds is 8. The van der Waals surface area contributed by atoms with Gasteiger partial charge in [-0.2, -0.15) is 5.26 Å². The zero-order chi connectivity index (χ0) is 23.9. The van der Waals surface area contributed by atoms with Gasteiger partial charge in [0.25, 0.3) is 0 Å². The Labute approximate surface area is 206 Å². The molecule has 1 atom stereocenters. The lowest BCUT2D eigenvalue weighted by atomic mass is 9.87. The Morgan fingerprint density at radius 1 is 0.914 bits per heavy atom. The van der Waals surface area contributed by atoms with Crippen molar-refractivity contribution in [3.63, 3.8) is 0 Å². The van der Waals surface area contributed by atoms with Crippen LogP contribution in [0.4, 0.5) is 5.69 Å². The first-order chi connectivity index (χ1) is 17.3. The maximum atomic E-state index is 9.11. The van der Waals surface area contributed by atoms with Crippen molar-refractivity contribution < 1.29 is 0 Å². The average Bonchev–Trinajstić information content (AvgIpc) is 3.38. The standard InChI is InChI=1S/C29H30N6/c30-18-23-6-8-25(9-7-23)21-35-22-32-20-28(35)29(33-19-24-10-14-31-15-11-24)26-12-16-34(17-13-26)27-4-2-1-3-5-27/h1-11,14-15,20,22,26,29,33H,12-13,16-17,19,21H2. The summed E-state index contributed by atoms with van der Waals surface area (Å²) in [6.45, 7) is 3.61. The van der Waals surface area contributed by atoms with Crippen molar-refractivity contribution in [3.8, 4) is 6.07 Å². The molecular weight excluding hydrogens is 432 g/mol. The first-order valence-corrected chi connectivity index (χ1v) is 12.2. The van der Waals surface area contributed by atoms with E-state index in [1.165, 1.54) is 16.9 Å². The zero-order valence-corrected chi connectivity index (χ0v) is 19.8. The van der Waals surface area contributed by atoms with Crippen LogP contribution in [0.5, 0.6) is 0 Å². The molecule has 176 valence electrons. The number of benzene rings is 2. The summed E-state index contributed by atoms with van der Waals surface area (Å²) in [5.74, 6) is 0.508. The van der Waals surface area contributed by atoms with E-state index in [-0.39, 0.29) is 6.04 Å². The van der Waals surface area contributed by atoms with Crippen molar-refractivity contribution in [3.05, 3.63) is 114 Å². The number of nitriles is 1. The largest absolute Gasteiger partial charge is 0.372 e. The minimum atomic E-state index is 0.196. The monoisotopic (exact) mass is 462 g/mol. The van der Waals surface area contributed by atoms with Crippen molar-refractivity contribution in [2.75, 3.05) is 18.0 Å². The maximum Gasteiger partial charge on any atom is 0.0991 e. The normalized spacial score (nSPS) is 15.0. The van der Waals surface area contributed by atoms with Crippen molar-refractivity contribution in [1.82, 2.24) is 19.9 Å². The summed E-state index contributed by atoms with van der Waals surface area (Å²) in [4.78, 5) is 11.2. The molecule has 4 aromatic rings. The van der Waals surface area contributed by atoms with Gasteiger partial charge in [-0.15, -0.1) is 0 Å². The van der Waals surface area contributed by atoms with Gasteiger partial charge in [-0.3, -0.25) is 4.98 Å². The lowest BCUT2D eigenvalue weighted by Gasteiger charge is -2.38. The predicted molar refractivity (Wildman–Crippen MR) is 138 cm³/mol. The third-order valence-electron chi connectivity index (χ3n) is 6.91. The van der Waals surface area contributed by atoms with Crippen LogP contribution in [0.15, 0.2) is 91.6 Å². The van der Waals surface area contributed by atoms with E-state index in [1.807, 2.05) is 49.2 Å². The molecule has 1 saturated heterocycles. The van der Waals surface area contributed by atoms with Crippen LogP contribution >= 0.6 is 0 Å². The van der Waals surface area contributed by atoms with E-state index in [4.69, 9.17) is 5.26 Å². The fourth-order valence-electron chi connectivity index (χ4n) is 4.97. The first-order valence-electron chi connectivity index (χ1n) is 12.2. The molecule has 6 heteroatoms. The van der Waals surface area contributed by atoms with Crippen LogP contribution in [0.3, 0.4) is 0 Å². The highest BCUT2D eigenvalue weighted by Crippen LogP contribution is 2.33. The molecule has 1 fully saturated rings. The van der Waals surface area contributed by atoms with Gasteiger partial charge in [0.2, 0.25) is 0 Å². The molecule has 2 aromatic heterocycles. The lowest BCUT2D eigenvalue weighted by molar-refractivity contribution is 0.288. The SMILES string of the molecule is N#Cc1ccc(Cn2cncc2C(NCc2ccncc2)C2CCN(c3ccccc3)CC2)cc1. The molecule has 0 bridgehead atoms. The molecule has 0 spiro atoms. The first kappa shape index (κ1) is 22.8. The Bertz CT molecular complexity index is 1240. The summed E-state index contributed by atoms with van der Waals surface area (Å²) in [5.41, 5.74) is 5.58. The molecule has 2 aromatic carbocycles. The van der Waals surface area contributed by atoms with Crippen LogP contribution in [0.2, 0.25) is 0 Å². The molecule has 0 radical (unpaired) electrons. The number of hydrogen-bond acceptors (Lipinski definition) is 5. The fourth-order valence-corrected chi connectivity index (χ4v) is 4.97. The van der Waals surface area contributed by atoms with E-state index in [0.717, 1.165) is 44.6 Å². The summed E-state index contributed by atoms with van der Waals surface area (Å²) in [6.07, 6.45) is 9.86. The van der Waals surface area contributed by atoms with Gasteiger partial charge >= 0.3 is 0 Å². The summed E-state index contributed by atoms with van der Waals surface area (Å²) < 4.78 is 2.25. The van der Waals surface area contributed by atoms with E-state index in [2.05, 4.69) is 73.3 Å². The van der Waals surface area contributed by atoms with Crippen LogP contribution in [0.1, 0.15) is 41.3 Å². The lowest BCUT2D eigenvalue weighted by Crippen LogP contribution is -2.39. The molecular formula is C29H30N6. The zero-order valence-electron chi connectivity index (χ0n) is 19.8. The molecule has 1 aliphatic rings. The van der Waals surface area contributed by atoms with Crippen molar-refractivity contribution in [1.29, 1.82) is 5.26 Å². The third-order valence-corrected chi connectivity index (χ3v) is 6.91. The molecule has 0 amide bonds. The number of para-hydroxylation sites is 1. The summed E-state index contributed by atoms with van der Waals surface area (Å²) in [7, 11) is 0. The molecule has 1 aliphatic heterocycles. The van der Waals surface area contributed by atoms with Crippen LogP contribution in [-0.2, 0) is 13.1 Å². The van der Waals surface area contributed by atoms with Gasteiger partial charge in [-0.1, -0.05) is 30.3 Å². The molecule has 6 nitrogen and oxygen atoms in total. The van der Waals surface area contributed by atoms with E-state index >= 15 is 0 Å². The smallest absolute Gasteiger partial charge is 0.0991 e. The van der Waals surface area contributed by atoms with Gasteiger partial charge < -0.3 is 14.8 Å². The molecule has 0 aliphatic carbocycles. The second-order valence-electron chi connectivity index (χ2n) is 9.13. The highest BCUT2D eigenvalue weighted by Gasteiger charge is 2.29. The molecule has 1 N–H and O–H groups in total. The number of nitrogens with zero attached hydrogens (tertiary/aromatic N) is 5. The Kier molecular flexibility index (Phi) is 7.16. The number of imidazole rings is 1. The van der Waals surface area contributed by atoms with Crippen molar-refractivity contribution in [2.45, 2.75) is 32.0 Å². The number of nitrogens with one attached hydrogen (secondary N) is 1. The molecule has 1 unspecified atom stereocenters. The molecule has 3 heterocycles. The van der Waals surface area contributed by atoms with Crippen LogP contribution in [0.25, 0.3) is 0 Å². The highest BCUT2D eigenvalue weighted by atomic mass is 15.1. The molecule has 35 heavy (non-hydrogen) atoms. The van der Waals surface area contributed by atoms with Gasteiger partial charge in [0.1, 0.15) is 0 Å². The summed E-state index contributed by atoms with van der Waals surface area (Å²) in [6, 6.07) is 25.0. The summed E-state index contributed by atoms with van der Waals surface area (Å²) >= 11 is 0. The topological polar surface area (TPSA) is 69.8 Å². The number of piperidine rings is 1. The van der Waals surface area contributed by atoms with E-state index in [1.54, 1.807) is 0 Å². The maximum absolute atomic E-state index is 9.11. The Morgan fingerprint density at radius 3 is 2.37 bits per heavy atom. The second kappa shape index (κ2) is 11.0. The Morgan fingerprint density at radius 2 is 1.66 bits per heavy atom. The van der Waals surface area contributed by atoms with Crippen LogP contribution in [0, 0.1) is 17.2 Å². The minimum Gasteiger partial charge on any atom is -0.372 e.